The smallest absolute Gasteiger partial charge is 0.260 e. The lowest BCUT2D eigenvalue weighted by atomic mass is 9.96. The van der Waals surface area contributed by atoms with Crippen LogP contribution in [-0.2, 0) is 9.59 Å². The minimum atomic E-state index is -0.282. The monoisotopic (exact) mass is 310 g/mol. The van der Waals surface area contributed by atoms with Crippen LogP contribution in [0.1, 0.15) is 18.4 Å². The molecule has 1 heterocycles. The highest BCUT2D eigenvalue weighted by atomic mass is 35.5. The summed E-state index contributed by atoms with van der Waals surface area (Å²) in [4.78, 5) is 24.9. The second kappa shape index (κ2) is 6.80. The number of primary amides is 1. The molecule has 5 nitrogen and oxygen atoms in total. The van der Waals surface area contributed by atoms with Gasteiger partial charge in [0.05, 0.1) is 0 Å². The molecule has 0 bridgehead atoms. The van der Waals surface area contributed by atoms with Crippen LogP contribution in [0.2, 0.25) is 5.02 Å². The zero-order valence-electron chi connectivity index (χ0n) is 12.0. The Morgan fingerprint density at radius 1 is 1.38 bits per heavy atom. The normalized spacial score (nSPS) is 15.8. The van der Waals surface area contributed by atoms with Crippen LogP contribution in [0.15, 0.2) is 18.2 Å². The predicted octanol–water partition coefficient (Wildman–Crippen LogP) is 1.75. The van der Waals surface area contributed by atoms with Crippen LogP contribution in [0.4, 0.5) is 0 Å². The molecule has 21 heavy (non-hydrogen) atoms. The maximum atomic E-state index is 12.1. The minimum Gasteiger partial charge on any atom is -0.484 e. The lowest BCUT2D eigenvalue weighted by molar-refractivity contribution is -0.136. The van der Waals surface area contributed by atoms with Crippen molar-refractivity contribution >= 4 is 23.4 Å². The second-order valence-corrected chi connectivity index (χ2v) is 5.66. The number of likely N-dealkylation sites (tertiary alicyclic amines) is 1. The number of ether oxygens (including phenoxy) is 1. The van der Waals surface area contributed by atoms with Crippen molar-refractivity contribution in [2.24, 2.45) is 11.7 Å². The molecule has 1 aliphatic rings. The molecule has 0 atom stereocenters. The molecule has 1 aromatic rings. The number of halogens is 1. The first-order valence-corrected chi connectivity index (χ1v) is 7.31. The molecule has 0 aromatic heterocycles. The van der Waals surface area contributed by atoms with Gasteiger partial charge >= 0.3 is 0 Å². The molecule has 0 saturated carbocycles. The fraction of sp³-hybridized carbons (Fsp3) is 0.467. The van der Waals surface area contributed by atoms with Gasteiger partial charge in [0.25, 0.3) is 5.91 Å². The van der Waals surface area contributed by atoms with Gasteiger partial charge in [0.15, 0.2) is 6.61 Å². The lowest BCUT2D eigenvalue weighted by Gasteiger charge is -2.30. The molecular formula is C15H19ClN2O3. The standard InChI is InChI=1S/C15H19ClN2O3/c1-10-8-12(2-3-13(10)16)21-9-14(19)18-6-4-11(5-7-18)15(17)20/h2-3,8,11H,4-7,9H2,1H3,(H2,17,20). The molecule has 1 fully saturated rings. The van der Waals surface area contributed by atoms with Crippen LogP contribution >= 0.6 is 11.6 Å². The largest absolute Gasteiger partial charge is 0.484 e. The third kappa shape index (κ3) is 4.11. The minimum absolute atomic E-state index is 0.0116. The van der Waals surface area contributed by atoms with Crippen molar-refractivity contribution in [3.63, 3.8) is 0 Å². The summed E-state index contributed by atoms with van der Waals surface area (Å²) in [6.45, 7) is 2.97. The number of nitrogens with zero attached hydrogens (tertiary/aromatic N) is 1. The van der Waals surface area contributed by atoms with E-state index in [0.29, 0.717) is 36.7 Å². The Morgan fingerprint density at radius 3 is 2.62 bits per heavy atom. The van der Waals surface area contributed by atoms with Crippen molar-refractivity contribution in [2.75, 3.05) is 19.7 Å². The van der Waals surface area contributed by atoms with Gasteiger partial charge in [0.2, 0.25) is 5.91 Å². The van der Waals surface area contributed by atoms with E-state index in [1.807, 2.05) is 6.92 Å². The average Bonchev–Trinajstić information content (AvgIpc) is 2.48. The van der Waals surface area contributed by atoms with E-state index in [2.05, 4.69) is 0 Å². The van der Waals surface area contributed by atoms with Gasteiger partial charge in [-0.3, -0.25) is 9.59 Å². The average molecular weight is 311 g/mol. The van der Waals surface area contributed by atoms with E-state index in [1.165, 1.54) is 0 Å². The summed E-state index contributed by atoms with van der Waals surface area (Å²) in [6, 6.07) is 5.28. The third-order valence-electron chi connectivity index (χ3n) is 3.74. The van der Waals surface area contributed by atoms with E-state index in [0.717, 1.165) is 5.56 Å². The van der Waals surface area contributed by atoms with Crippen LogP contribution in [-0.4, -0.2) is 36.4 Å². The van der Waals surface area contributed by atoms with Gasteiger partial charge in [-0.05, 0) is 43.5 Å². The van der Waals surface area contributed by atoms with Crippen molar-refractivity contribution in [3.8, 4) is 5.75 Å². The van der Waals surface area contributed by atoms with Crippen LogP contribution < -0.4 is 10.5 Å². The fourth-order valence-corrected chi connectivity index (χ4v) is 2.47. The Bertz CT molecular complexity index is 540. The Balaban J connectivity index is 1.82. The molecule has 114 valence electrons. The van der Waals surface area contributed by atoms with Crippen molar-refractivity contribution in [2.45, 2.75) is 19.8 Å². The molecule has 1 aromatic carbocycles. The molecular weight excluding hydrogens is 292 g/mol. The number of aryl methyl sites for hydroxylation is 1. The van der Waals surface area contributed by atoms with Gasteiger partial charge in [-0.2, -0.15) is 0 Å². The lowest BCUT2D eigenvalue weighted by Crippen LogP contribution is -2.43. The molecule has 2 amide bonds. The Kier molecular flexibility index (Phi) is 5.07. The molecule has 2 rings (SSSR count). The Hall–Kier alpha value is -1.75. The van der Waals surface area contributed by atoms with Crippen LogP contribution in [0, 0.1) is 12.8 Å². The molecule has 0 aliphatic carbocycles. The highest BCUT2D eigenvalue weighted by Gasteiger charge is 2.25. The number of piperidine rings is 1. The summed E-state index contributed by atoms with van der Waals surface area (Å²) < 4.78 is 5.49. The molecule has 2 N–H and O–H groups in total. The predicted molar refractivity (Wildman–Crippen MR) is 80.2 cm³/mol. The van der Waals surface area contributed by atoms with Gasteiger partial charge in [0, 0.05) is 24.0 Å². The summed E-state index contributed by atoms with van der Waals surface area (Å²) in [5.41, 5.74) is 6.18. The number of carbonyl (C=O) groups is 2. The quantitative estimate of drug-likeness (QED) is 0.921. The number of nitrogens with two attached hydrogens (primary N) is 1. The zero-order valence-corrected chi connectivity index (χ0v) is 12.7. The van der Waals surface area contributed by atoms with Gasteiger partial charge in [0.1, 0.15) is 5.75 Å². The van der Waals surface area contributed by atoms with E-state index in [9.17, 15) is 9.59 Å². The van der Waals surface area contributed by atoms with Gasteiger partial charge in [-0.1, -0.05) is 11.6 Å². The summed E-state index contributed by atoms with van der Waals surface area (Å²) in [5.74, 6) is 0.145. The number of amides is 2. The first kappa shape index (κ1) is 15.6. The Morgan fingerprint density at radius 2 is 2.05 bits per heavy atom. The van der Waals surface area contributed by atoms with E-state index in [1.54, 1.807) is 23.1 Å². The van der Waals surface area contributed by atoms with Crippen LogP contribution in [0.3, 0.4) is 0 Å². The molecule has 1 aliphatic heterocycles. The first-order valence-electron chi connectivity index (χ1n) is 6.93. The number of rotatable bonds is 4. The fourth-order valence-electron chi connectivity index (χ4n) is 2.36. The van der Waals surface area contributed by atoms with Crippen LogP contribution in [0.5, 0.6) is 5.75 Å². The van der Waals surface area contributed by atoms with E-state index in [-0.39, 0.29) is 24.3 Å². The van der Waals surface area contributed by atoms with E-state index >= 15 is 0 Å². The molecule has 0 spiro atoms. The summed E-state index contributed by atoms with van der Waals surface area (Å²) >= 11 is 5.94. The maximum absolute atomic E-state index is 12.1. The summed E-state index contributed by atoms with van der Waals surface area (Å²) in [7, 11) is 0. The number of benzene rings is 1. The molecule has 6 heteroatoms. The van der Waals surface area contributed by atoms with Crippen LogP contribution in [0.25, 0.3) is 0 Å². The SMILES string of the molecule is Cc1cc(OCC(=O)N2CCC(C(N)=O)CC2)ccc1Cl. The van der Waals surface area contributed by atoms with Gasteiger partial charge in [-0.25, -0.2) is 0 Å². The van der Waals surface area contributed by atoms with Gasteiger partial charge < -0.3 is 15.4 Å². The van der Waals surface area contributed by atoms with Gasteiger partial charge in [-0.15, -0.1) is 0 Å². The molecule has 0 unspecified atom stereocenters. The summed E-state index contributed by atoms with van der Waals surface area (Å²) in [5, 5.41) is 0.669. The summed E-state index contributed by atoms with van der Waals surface area (Å²) in [6.07, 6.45) is 1.25. The van der Waals surface area contributed by atoms with Crippen molar-refractivity contribution in [1.29, 1.82) is 0 Å². The third-order valence-corrected chi connectivity index (χ3v) is 4.17. The van der Waals surface area contributed by atoms with Crippen molar-refractivity contribution in [1.82, 2.24) is 4.90 Å². The van der Waals surface area contributed by atoms with E-state index < -0.39 is 0 Å². The first-order chi connectivity index (χ1) is 9.97. The van der Waals surface area contributed by atoms with E-state index in [4.69, 9.17) is 22.1 Å². The number of hydrogen-bond acceptors (Lipinski definition) is 3. The Labute approximate surface area is 129 Å². The van der Waals surface area contributed by atoms with Crippen molar-refractivity contribution in [3.05, 3.63) is 28.8 Å². The number of carbonyl (C=O) groups excluding carboxylic acids is 2. The highest BCUT2D eigenvalue weighted by molar-refractivity contribution is 6.31. The molecule has 0 radical (unpaired) electrons. The molecule has 1 saturated heterocycles. The van der Waals surface area contributed by atoms with Crippen molar-refractivity contribution < 1.29 is 14.3 Å². The number of hydrogen-bond donors (Lipinski definition) is 1. The topological polar surface area (TPSA) is 72.6 Å². The highest BCUT2D eigenvalue weighted by Crippen LogP contribution is 2.21. The zero-order chi connectivity index (χ0) is 15.4. The maximum Gasteiger partial charge on any atom is 0.260 e. The second-order valence-electron chi connectivity index (χ2n) is 5.26.